The van der Waals surface area contributed by atoms with Crippen molar-refractivity contribution in [3.05, 3.63) is 58.9 Å². The molecule has 1 aliphatic heterocycles. The second-order valence-electron chi connectivity index (χ2n) is 6.71. The van der Waals surface area contributed by atoms with E-state index in [0.717, 1.165) is 11.1 Å². The molecule has 138 valence electrons. The van der Waals surface area contributed by atoms with Crippen LogP contribution >= 0.6 is 0 Å². The maximum absolute atomic E-state index is 13.4. The van der Waals surface area contributed by atoms with Gasteiger partial charge in [-0.2, -0.15) is 4.72 Å². The highest BCUT2D eigenvalue weighted by Crippen LogP contribution is 2.25. The monoisotopic (exact) mass is 376 g/mol. The summed E-state index contributed by atoms with van der Waals surface area (Å²) < 4.78 is 41.2. The number of rotatable bonds is 4. The molecule has 2 aromatic rings. The molecule has 0 bridgehead atoms. The lowest BCUT2D eigenvalue weighted by Crippen LogP contribution is -2.41. The van der Waals surface area contributed by atoms with Crippen LogP contribution in [-0.4, -0.2) is 26.9 Å². The van der Waals surface area contributed by atoms with Gasteiger partial charge in [0.1, 0.15) is 11.9 Å². The highest BCUT2D eigenvalue weighted by Gasteiger charge is 2.35. The minimum Gasteiger partial charge on any atom is -0.311 e. The standard InChI is InChI=1S/C19H21FN2O3S/c1-12-8-13(2)10-16(9-12)26(24,25)21-18-6-7-22(19(18)23)15-4-5-17(20)14(3)11-15/h4-5,8-11,18,21H,6-7H2,1-3H3/t18-/m0/s1. The summed E-state index contributed by atoms with van der Waals surface area (Å²) in [4.78, 5) is 14.3. The van der Waals surface area contributed by atoms with Crippen molar-refractivity contribution in [2.45, 2.75) is 38.1 Å². The highest BCUT2D eigenvalue weighted by molar-refractivity contribution is 7.89. The van der Waals surface area contributed by atoms with Gasteiger partial charge in [-0.1, -0.05) is 6.07 Å². The van der Waals surface area contributed by atoms with Gasteiger partial charge in [0.2, 0.25) is 15.9 Å². The summed E-state index contributed by atoms with van der Waals surface area (Å²) in [5, 5.41) is 0. The number of sulfonamides is 1. The van der Waals surface area contributed by atoms with Crippen LogP contribution in [0.2, 0.25) is 0 Å². The quantitative estimate of drug-likeness (QED) is 0.892. The first-order chi connectivity index (χ1) is 12.2. The van der Waals surface area contributed by atoms with E-state index in [4.69, 9.17) is 0 Å². The molecule has 26 heavy (non-hydrogen) atoms. The summed E-state index contributed by atoms with van der Waals surface area (Å²) >= 11 is 0. The van der Waals surface area contributed by atoms with E-state index in [-0.39, 0.29) is 16.6 Å². The molecule has 2 aromatic carbocycles. The largest absolute Gasteiger partial charge is 0.311 e. The van der Waals surface area contributed by atoms with Gasteiger partial charge in [0.05, 0.1) is 4.90 Å². The Kier molecular flexibility index (Phi) is 4.86. The second kappa shape index (κ2) is 6.81. The van der Waals surface area contributed by atoms with E-state index in [1.807, 2.05) is 19.9 Å². The van der Waals surface area contributed by atoms with Crippen LogP contribution < -0.4 is 9.62 Å². The summed E-state index contributed by atoms with van der Waals surface area (Å²) in [6, 6.07) is 8.65. The van der Waals surface area contributed by atoms with Crippen molar-refractivity contribution in [3.8, 4) is 0 Å². The maximum Gasteiger partial charge on any atom is 0.245 e. The topological polar surface area (TPSA) is 66.5 Å². The molecule has 0 unspecified atom stereocenters. The van der Waals surface area contributed by atoms with Gasteiger partial charge in [0.15, 0.2) is 0 Å². The third kappa shape index (κ3) is 3.64. The number of anilines is 1. The molecule has 5 nitrogen and oxygen atoms in total. The average Bonchev–Trinajstić information content (AvgIpc) is 2.89. The number of carbonyl (C=O) groups is 1. The molecule has 1 saturated heterocycles. The third-order valence-corrected chi connectivity index (χ3v) is 5.91. The normalized spacial score (nSPS) is 17.8. The van der Waals surface area contributed by atoms with Crippen molar-refractivity contribution in [3.63, 3.8) is 0 Å². The fourth-order valence-electron chi connectivity index (χ4n) is 3.19. The van der Waals surface area contributed by atoms with Gasteiger partial charge >= 0.3 is 0 Å². The molecular formula is C19H21FN2O3S. The molecule has 1 atom stereocenters. The predicted molar refractivity (Wildman–Crippen MR) is 98.1 cm³/mol. The van der Waals surface area contributed by atoms with Crippen LogP contribution in [0.4, 0.5) is 10.1 Å². The van der Waals surface area contributed by atoms with Crippen LogP contribution in [0, 0.1) is 26.6 Å². The summed E-state index contributed by atoms with van der Waals surface area (Å²) in [6.45, 7) is 5.65. The SMILES string of the molecule is Cc1cc(C)cc(S(=O)(=O)N[C@H]2CCN(c3ccc(F)c(C)c3)C2=O)c1. The van der Waals surface area contributed by atoms with Crippen molar-refractivity contribution in [2.24, 2.45) is 0 Å². The molecule has 1 amide bonds. The Balaban J connectivity index is 1.81. The molecule has 7 heteroatoms. The number of carbonyl (C=O) groups excluding carboxylic acids is 1. The van der Waals surface area contributed by atoms with Crippen LogP contribution in [-0.2, 0) is 14.8 Å². The number of benzene rings is 2. The number of halogens is 1. The van der Waals surface area contributed by atoms with Gasteiger partial charge < -0.3 is 4.90 Å². The number of aryl methyl sites for hydroxylation is 3. The Morgan fingerprint density at radius 1 is 1.08 bits per heavy atom. The number of nitrogens with one attached hydrogen (secondary N) is 1. The first-order valence-electron chi connectivity index (χ1n) is 8.35. The Labute approximate surface area is 152 Å². The summed E-state index contributed by atoms with van der Waals surface area (Å²) in [5.41, 5.74) is 2.69. The predicted octanol–water partition coefficient (Wildman–Crippen LogP) is 2.83. The Hall–Kier alpha value is -2.25. The van der Waals surface area contributed by atoms with E-state index in [1.54, 1.807) is 25.1 Å². The smallest absolute Gasteiger partial charge is 0.245 e. The fourth-order valence-corrected chi connectivity index (χ4v) is 4.60. The molecule has 1 aliphatic rings. The van der Waals surface area contributed by atoms with E-state index in [2.05, 4.69) is 4.72 Å². The molecule has 0 saturated carbocycles. The fraction of sp³-hybridized carbons (Fsp3) is 0.316. The highest BCUT2D eigenvalue weighted by atomic mass is 32.2. The zero-order valence-corrected chi connectivity index (χ0v) is 15.7. The maximum atomic E-state index is 13.4. The third-order valence-electron chi connectivity index (χ3n) is 4.46. The van der Waals surface area contributed by atoms with Crippen molar-refractivity contribution < 1.29 is 17.6 Å². The first kappa shape index (κ1) is 18.5. The van der Waals surface area contributed by atoms with Gasteiger partial charge in [-0.3, -0.25) is 4.79 Å². The van der Waals surface area contributed by atoms with E-state index in [9.17, 15) is 17.6 Å². The van der Waals surface area contributed by atoms with Crippen LogP contribution in [0.15, 0.2) is 41.3 Å². The zero-order chi connectivity index (χ0) is 19.1. The Morgan fingerprint density at radius 2 is 1.73 bits per heavy atom. The van der Waals surface area contributed by atoms with E-state index in [1.165, 1.54) is 17.0 Å². The van der Waals surface area contributed by atoms with Gasteiger partial charge in [-0.25, -0.2) is 12.8 Å². The summed E-state index contributed by atoms with van der Waals surface area (Å²) in [7, 11) is -3.80. The van der Waals surface area contributed by atoms with Crippen molar-refractivity contribution in [1.29, 1.82) is 0 Å². The number of amides is 1. The Morgan fingerprint density at radius 3 is 2.35 bits per heavy atom. The van der Waals surface area contributed by atoms with Crippen LogP contribution in [0.25, 0.3) is 0 Å². The van der Waals surface area contributed by atoms with Crippen molar-refractivity contribution in [1.82, 2.24) is 4.72 Å². The van der Waals surface area contributed by atoms with E-state index in [0.29, 0.717) is 24.2 Å². The number of nitrogens with zero attached hydrogens (tertiary/aromatic N) is 1. The van der Waals surface area contributed by atoms with Gasteiger partial charge in [0.25, 0.3) is 0 Å². The zero-order valence-electron chi connectivity index (χ0n) is 14.9. The van der Waals surface area contributed by atoms with Crippen LogP contribution in [0.5, 0.6) is 0 Å². The summed E-state index contributed by atoms with van der Waals surface area (Å²) in [5.74, 6) is -0.670. The van der Waals surface area contributed by atoms with Crippen LogP contribution in [0.3, 0.4) is 0 Å². The molecule has 0 radical (unpaired) electrons. The van der Waals surface area contributed by atoms with Crippen molar-refractivity contribution >= 4 is 21.6 Å². The van der Waals surface area contributed by atoms with Gasteiger partial charge in [-0.15, -0.1) is 0 Å². The lowest BCUT2D eigenvalue weighted by molar-refractivity contribution is -0.118. The molecule has 0 spiro atoms. The molecule has 1 heterocycles. The van der Waals surface area contributed by atoms with E-state index >= 15 is 0 Å². The minimum atomic E-state index is -3.80. The van der Waals surface area contributed by atoms with Gasteiger partial charge in [0, 0.05) is 12.2 Å². The second-order valence-corrected chi connectivity index (χ2v) is 8.42. The molecule has 1 N–H and O–H groups in total. The number of hydrogen-bond acceptors (Lipinski definition) is 3. The van der Waals surface area contributed by atoms with E-state index < -0.39 is 16.1 Å². The molecule has 3 rings (SSSR count). The first-order valence-corrected chi connectivity index (χ1v) is 9.84. The van der Waals surface area contributed by atoms with Crippen molar-refractivity contribution in [2.75, 3.05) is 11.4 Å². The molecule has 1 fully saturated rings. The molecule has 0 aliphatic carbocycles. The average molecular weight is 376 g/mol. The van der Waals surface area contributed by atoms with Crippen LogP contribution in [0.1, 0.15) is 23.1 Å². The molecular weight excluding hydrogens is 355 g/mol. The minimum absolute atomic E-state index is 0.152. The van der Waals surface area contributed by atoms with Gasteiger partial charge in [-0.05, 0) is 74.2 Å². The summed E-state index contributed by atoms with van der Waals surface area (Å²) in [6.07, 6.45) is 0.360. The number of hydrogen-bond donors (Lipinski definition) is 1. The molecule has 0 aromatic heterocycles. The Bertz CT molecular complexity index is 952. The lowest BCUT2D eigenvalue weighted by atomic mass is 10.2. The lowest BCUT2D eigenvalue weighted by Gasteiger charge is -2.18.